The molecule has 0 bridgehead atoms. The maximum Gasteiger partial charge on any atom is 0.271 e. The van der Waals surface area contributed by atoms with Crippen molar-refractivity contribution >= 4 is 23.3 Å². The number of β-amino-alcohol motifs (C(OH)–C–C–N with tert-alkyl or cyclic N) is 1. The number of hydrogen-bond acceptors (Lipinski definition) is 9. The van der Waals surface area contributed by atoms with Crippen LogP contribution in [0.15, 0.2) is 41.8 Å². The van der Waals surface area contributed by atoms with Gasteiger partial charge >= 0.3 is 0 Å². The molecule has 2 aromatic rings. The number of aliphatic hydroxyl groups is 1. The van der Waals surface area contributed by atoms with Crippen LogP contribution in [0.4, 0.5) is 5.82 Å². The molecule has 11 nitrogen and oxygen atoms in total. The van der Waals surface area contributed by atoms with E-state index in [2.05, 4.69) is 48.9 Å². The molecule has 1 aliphatic carbocycles. The molecule has 2 amide bonds. The highest BCUT2D eigenvalue weighted by Crippen LogP contribution is 2.32. The van der Waals surface area contributed by atoms with Gasteiger partial charge in [-0.25, -0.2) is 9.97 Å². The highest BCUT2D eigenvalue weighted by molar-refractivity contribution is 6.40. The van der Waals surface area contributed by atoms with E-state index in [1.807, 2.05) is 11.0 Å². The summed E-state index contributed by atoms with van der Waals surface area (Å²) in [5.41, 5.74) is 3.43. The predicted octanol–water partition coefficient (Wildman–Crippen LogP) is 1.44. The number of oxime groups is 1. The van der Waals surface area contributed by atoms with E-state index in [9.17, 15) is 14.7 Å². The lowest BCUT2D eigenvalue weighted by Crippen LogP contribution is -2.45. The number of carbonyl (C=O) groups is 2. The first kappa shape index (κ1) is 27.0. The van der Waals surface area contributed by atoms with Crippen LogP contribution in [0.2, 0.25) is 0 Å². The number of fused-ring (bicyclic) bond motifs is 1. The summed E-state index contributed by atoms with van der Waals surface area (Å²) in [5, 5.41) is 20.7. The number of rotatable bonds is 10. The minimum atomic E-state index is -0.680. The number of carbonyl (C=O) groups excluding carboxylic acids is 2. The Balaban J connectivity index is 1.06. The Labute approximate surface area is 228 Å². The van der Waals surface area contributed by atoms with Crippen LogP contribution in [-0.4, -0.2) is 94.4 Å². The van der Waals surface area contributed by atoms with Gasteiger partial charge < -0.3 is 25.5 Å². The summed E-state index contributed by atoms with van der Waals surface area (Å²) in [4.78, 5) is 42.9. The number of amides is 2. The van der Waals surface area contributed by atoms with Gasteiger partial charge in [0.05, 0.1) is 6.10 Å². The van der Waals surface area contributed by atoms with Crippen molar-refractivity contribution < 1.29 is 19.5 Å². The smallest absolute Gasteiger partial charge is 0.271 e. The zero-order valence-electron chi connectivity index (χ0n) is 22.4. The predicted molar refractivity (Wildman–Crippen MR) is 146 cm³/mol. The number of aliphatic hydroxyl groups excluding tert-OH is 1. The van der Waals surface area contributed by atoms with Gasteiger partial charge in [-0.3, -0.25) is 14.5 Å². The molecule has 2 aliphatic heterocycles. The molecule has 1 atom stereocenters. The number of nitrogens with zero attached hydrogens (tertiary/aromatic N) is 5. The van der Waals surface area contributed by atoms with E-state index in [-0.39, 0.29) is 36.0 Å². The Morgan fingerprint density at radius 2 is 1.90 bits per heavy atom. The van der Waals surface area contributed by atoms with Gasteiger partial charge in [0, 0.05) is 57.3 Å². The Morgan fingerprint density at radius 3 is 2.64 bits per heavy atom. The molecule has 39 heavy (non-hydrogen) atoms. The highest BCUT2D eigenvalue weighted by Gasteiger charge is 2.36. The van der Waals surface area contributed by atoms with Gasteiger partial charge in [-0.05, 0) is 43.2 Å². The molecule has 0 spiro atoms. The van der Waals surface area contributed by atoms with Crippen molar-refractivity contribution in [2.24, 2.45) is 11.1 Å². The van der Waals surface area contributed by atoms with E-state index in [1.165, 1.54) is 24.6 Å². The van der Waals surface area contributed by atoms with Crippen molar-refractivity contribution in [3.8, 4) is 0 Å². The lowest BCUT2D eigenvalue weighted by Gasteiger charge is -2.32. The van der Waals surface area contributed by atoms with Crippen LogP contribution < -0.4 is 10.6 Å². The van der Waals surface area contributed by atoms with Crippen LogP contribution in [0, 0.1) is 5.92 Å². The number of aromatic nitrogens is 2. The largest absolute Gasteiger partial charge is 0.399 e. The number of piperidine rings is 1. The Hall–Kier alpha value is -3.57. The third kappa shape index (κ3) is 7.10. The maximum absolute atomic E-state index is 12.8. The summed E-state index contributed by atoms with van der Waals surface area (Å²) in [7, 11) is 1.47. The van der Waals surface area contributed by atoms with Crippen LogP contribution >= 0.6 is 0 Å². The standard InChI is InChI=1S/C28H37N7O4/c1-39-33-26(20-6-7-20)28(38)35-12-9-22(10-13-35)32-25-14-24(30-18-31-25)27(37)29-15-23(36)17-34-11-8-19-4-2-3-5-21(19)16-34/h2-5,14,18,20,22-23,36H,6-13,15-17H2,1H3,(H,29,37)(H,30,31,32)/b33-26+/t23-/m0/s1. The molecule has 1 aromatic heterocycles. The van der Waals surface area contributed by atoms with E-state index in [1.54, 1.807) is 6.07 Å². The number of nitrogens with one attached hydrogen (secondary N) is 2. The van der Waals surface area contributed by atoms with Crippen molar-refractivity contribution in [1.29, 1.82) is 0 Å². The zero-order valence-corrected chi connectivity index (χ0v) is 22.4. The maximum atomic E-state index is 12.8. The van der Waals surface area contributed by atoms with Crippen LogP contribution in [0.1, 0.15) is 47.3 Å². The van der Waals surface area contributed by atoms with Crippen molar-refractivity contribution in [1.82, 2.24) is 25.1 Å². The Kier molecular flexibility index (Phi) is 8.67. The molecular weight excluding hydrogens is 498 g/mol. The topological polar surface area (TPSA) is 132 Å². The van der Waals surface area contributed by atoms with Gasteiger partial charge in [-0.1, -0.05) is 29.4 Å². The molecule has 3 N–H and O–H groups in total. The number of hydrogen-bond donors (Lipinski definition) is 3. The molecular formula is C28H37N7O4. The molecule has 11 heteroatoms. The lowest BCUT2D eigenvalue weighted by molar-refractivity contribution is -0.125. The van der Waals surface area contributed by atoms with Gasteiger partial charge in [0.2, 0.25) is 0 Å². The first-order valence-corrected chi connectivity index (χ1v) is 13.7. The fraction of sp³-hybridized carbons (Fsp3) is 0.536. The molecule has 1 saturated carbocycles. The quantitative estimate of drug-likeness (QED) is 0.308. The fourth-order valence-corrected chi connectivity index (χ4v) is 5.28. The molecule has 3 heterocycles. The minimum Gasteiger partial charge on any atom is -0.399 e. The van der Waals surface area contributed by atoms with E-state index < -0.39 is 6.10 Å². The Bertz CT molecular complexity index is 1190. The number of anilines is 1. The van der Waals surface area contributed by atoms with Crippen molar-refractivity contribution in [2.75, 3.05) is 45.2 Å². The second-order valence-electron chi connectivity index (χ2n) is 10.6. The van der Waals surface area contributed by atoms with Crippen molar-refractivity contribution in [3.63, 3.8) is 0 Å². The van der Waals surface area contributed by atoms with Crippen LogP contribution in [0.5, 0.6) is 0 Å². The number of likely N-dealkylation sites (tertiary alicyclic amines) is 1. The summed E-state index contributed by atoms with van der Waals surface area (Å²) >= 11 is 0. The van der Waals surface area contributed by atoms with E-state index in [0.29, 0.717) is 31.2 Å². The van der Waals surface area contributed by atoms with Crippen molar-refractivity contribution in [3.05, 3.63) is 53.5 Å². The monoisotopic (exact) mass is 535 g/mol. The van der Waals surface area contributed by atoms with Crippen LogP contribution in [0.25, 0.3) is 0 Å². The van der Waals surface area contributed by atoms with E-state index >= 15 is 0 Å². The normalized spacial score (nSPS) is 19.2. The average Bonchev–Trinajstić information content (AvgIpc) is 3.80. The molecule has 208 valence electrons. The van der Waals surface area contributed by atoms with Crippen molar-refractivity contribution in [2.45, 2.75) is 50.8 Å². The Morgan fingerprint density at radius 1 is 1.13 bits per heavy atom. The average molecular weight is 536 g/mol. The second kappa shape index (κ2) is 12.5. The highest BCUT2D eigenvalue weighted by atomic mass is 16.6. The zero-order chi connectivity index (χ0) is 27.2. The first-order chi connectivity index (χ1) is 19.0. The molecule has 5 rings (SSSR count). The van der Waals surface area contributed by atoms with Gasteiger partial charge in [0.15, 0.2) is 0 Å². The summed E-state index contributed by atoms with van der Waals surface area (Å²) < 4.78 is 0. The van der Waals surface area contributed by atoms with Gasteiger partial charge in [0.25, 0.3) is 11.8 Å². The molecule has 2 fully saturated rings. The lowest BCUT2D eigenvalue weighted by atomic mass is 10.00. The van der Waals surface area contributed by atoms with Gasteiger partial charge in [0.1, 0.15) is 30.7 Å². The SMILES string of the molecule is CO/N=C(/C(=O)N1CCC(Nc2cc(C(=O)NC[C@H](O)CN3CCc4ccccc4C3)ncn2)CC1)C1CC1. The van der Waals surface area contributed by atoms with Crippen LogP contribution in [-0.2, 0) is 22.6 Å². The van der Waals surface area contributed by atoms with Gasteiger partial charge in [-0.15, -0.1) is 0 Å². The third-order valence-electron chi connectivity index (χ3n) is 7.58. The molecule has 3 aliphatic rings. The van der Waals surface area contributed by atoms with E-state index in [4.69, 9.17) is 4.84 Å². The molecule has 0 unspecified atom stereocenters. The van der Waals surface area contributed by atoms with E-state index in [0.717, 1.165) is 45.2 Å². The van der Waals surface area contributed by atoms with Crippen LogP contribution in [0.3, 0.4) is 0 Å². The summed E-state index contributed by atoms with van der Waals surface area (Å²) in [5.74, 6) is 0.398. The summed E-state index contributed by atoms with van der Waals surface area (Å²) in [6.45, 7) is 3.56. The molecule has 1 saturated heterocycles. The third-order valence-corrected chi connectivity index (χ3v) is 7.58. The van der Waals surface area contributed by atoms with Gasteiger partial charge in [-0.2, -0.15) is 0 Å². The molecule has 0 radical (unpaired) electrons. The second-order valence-corrected chi connectivity index (χ2v) is 10.6. The first-order valence-electron chi connectivity index (χ1n) is 13.7. The number of benzene rings is 1. The molecule has 1 aromatic carbocycles. The minimum absolute atomic E-state index is 0.0360. The summed E-state index contributed by atoms with van der Waals surface area (Å²) in [6.07, 6.45) is 5.14. The summed E-state index contributed by atoms with van der Waals surface area (Å²) in [6, 6.07) is 10.1. The fourth-order valence-electron chi connectivity index (χ4n) is 5.28.